The Morgan fingerprint density at radius 1 is 1.44 bits per heavy atom. The molecule has 8 heteroatoms. The Bertz CT molecular complexity index is 291. The summed E-state index contributed by atoms with van der Waals surface area (Å²) >= 11 is 0. The Morgan fingerprint density at radius 3 is 2.56 bits per heavy atom. The van der Waals surface area contributed by atoms with E-state index in [1.54, 1.807) is 0 Å². The smallest absolute Gasteiger partial charge is 0.471 e. The second kappa shape index (κ2) is 4.69. The van der Waals surface area contributed by atoms with Crippen LogP contribution in [0.1, 0.15) is 6.42 Å². The highest BCUT2D eigenvalue weighted by Crippen LogP contribution is 2.22. The average molecular weight is 241 g/mol. The first kappa shape index (κ1) is 12.8. The van der Waals surface area contributed by atoms with Crippen molar-refractivity contribution in [2.45, 2.75) is 18.7 Å². The summed E-state index contributed by atoms with van der Waals surface area (Å²) in [5, 5.41) is 8.29. The molecule has 5 nitrogen and oxygen atoms in total. The highest BCUT2D eigenvalue weighted by molar-refractivity contribution is 5.82. The number of hydrogen-bond acceptors (Lipinski definition) is 3. The third-order valence-electron chi connectivity index (χ3n) is 2.12. The van der Waals surface area contributed by atoms with Gasteiger partial charge in [-0.3, -0.25) is 4.79 Å². The molecule has 16 heavy (non-hydrogen) atoms. The van der Waals surface area contributed by atoms with Gasteiger partial charge in [0, 0.05) is 13.1 Å². The number of halogens is 3. The first-order valence-corrected chi connectivity index (χ1v) is 4.50. The summed E-state index contributed by atoms with van der Waals surface area (Å²) in [6, 6.07) is 0. The van der Waals surface area contributed by atoms with Crippen LogP contribution in [0.15, 0.2) is 0 Å². The van der Waals surface area contributed by atoms with E-state index in [0.29, 0.717) is 4.90 Å². The van der Waals surface area contributed by atoms with E-state index >= 15 is 0 Å². The van der Waals surface area contributed by atoms with E-state index in [1.165, 1.54) is 0 Å². The van der Waals surface area contributed by atoms with E-state index in [4.69, 9.17) is 9.84 Å². The van der Waals surface area contributed by atoms with Crippen molar-refractivity contribution in [3.8, 4) is 0 Å². The summed E-state index contributed by atoms with van der Waals surface area (Å²) in [5.41, 5.74) is 0. The molecule has 1 aliphatic rings. The number of hydrogen-bond donors (Lipinski definition) is 1. The molecule has 0 spiro atoms. The minimum atomic E-state index is -4.89. The minimum absolute atomic E-state index is 0.0668. The Morgan fingerprint density at radius 2 is 2.06 bits per heavy atom. The van der Waals surface area contributed by atoms with Crippen molar-refractivity contribution in [3.05, 3.63) is 0 Å². The van der Waals surface area contributed by atoms with Crippen molar-refractivity contribution in [3.63, 3.8) is 0 Å². The number of carboxylic acid groups (broad SMARTS) is 1. The van der Waals surface area contributed by atoms with Crippen LogP contribution < -0.4 is 0 Å². The summed E-state index contributed by atoms with van der Waals surface area (Å²) in [6.45, 7) is -0.854. The summed E-state index contributed by atoms with van der Waals surface area (Å²) in [6.07, 6.45) is -5.31. The van der Waals surface area contributed by atoms with E-state index in [-0.39, 0.29) is 19.5 Å². The molecule has 0 aromatic rings. The van der Waals surface area contributed by atoms with Gasteiger partial charge in [0.25, 0.3) is 0 Å². The van der Waals surface area contributed by atoms with E-state index in [1.807, 2.05) is 0 Å². The molecule has 92 valence electrons. The monoisotopic (exact) mass is 241 g/mol. The number of rotatable bonds is 3. The molecule has 1 saturated heterocycles. The number of carboxylic acids is 1. The lowest BCUT2D eigenvalue weighted by Gasteiger charge is -2.17. The van der Waals surface area contributed by atoms with Gasteiger partial charge in [-0.1, -0.05) is 0 Å². The molecule has 0 bridgehead atoms. The molecule has 1 heterocycles. The zero-order chi connectivity index (χ0) is 12.3. The molecule has 0 aromatic carbocycles. The van der Waals surface area contributed by atoms with Gasteiger partial charge in [-0.25, -0.2) is 4.79 Å². The molecule has 0 aromatic heterocycles. The Labute approximate surface area is 88.8 Å². The van der Waals surface area contributed by atoms with E-state index in [9.17, 15) is 22.8 Å². The third kappa shape index (κ3) is 3.37. The molecule has 1 fully saturated rings. The largest absolute Gasteiger partial charge is 0.480 e. The highest BCUT2D eigenvalue weighted by atomic mass is 19.4. The van der Waals surface area contributed by atoms with Gasteiger partial charge >= 0.3 is 18.1 Å². The maximum absolute atomic E-state index is 12.0. The van der Waals surface area contributed by atoms with Gasteiger partial charge in [-0.2, -0.15) is 13.2 Å². The fourth-order valence-electron chi connectivity index (χ4n) is 1.42. The fraction of sp³-hybridized carbons (Fsp3) is 0.750. The molecule has 0 unspecified atom stereocenters. The Balaban J connectivity index is 2.41. The van der Waals surface area contributed by atoms with Gasteiger partial charge in [0.05, 0.1) is 6.10 Å². The molecule has 1 N–H and O–H groups in total. The lowest BCUT2D eigenvalue weighted by molar-refractivity contribution is -0.184. The second-order valence-corrected chi connectivity index (χ2v) is 3.36. The third-order valence-corrected chi connectivity index (χ3v) is 2.12. The second-order valence-electron chi connectivity index (χ2n) is 3.36. The minimum Gasteiger partial charge on any atom is -0.480 e. The van der Waals surface area contributed by atoms with Gasteiger partial charge in [-0.15, -0.1) is 0 Å². The number of amides is 1. The van der Waals surface area contributed by atoms with Crippen molar-refractivity contribution in [2.24, 2.45) is 0 Å². The number of alkyl halides is 3. The summed E-state index contributed by atoms with van der Waals surface area (Å²) in [5.74, 6) is -3.10. The topological polar surface area (TPSA) is 66.8 Å². The zero-order valence-corrected chi connectivity index (χ0v) is 8.16. The van der Waals surface area contributed by atoms with Crippen LogP contribution in [0.5, 0.6) is 0 Å². The van der Waals surface area contributed by atoms with Crippen LogP contribution in [0.3, 0.4) is 0 Å². The van der Waals surface area contributed by atoms with Gasteiger partial charge in [0.1, 0.15) is 6.61 Å². The molecule has 1 aliphatic heterocycles. The summed E-state index contributed by atoms with van der Waals surface area (Å²) < 4.78 is 40.8. The lowest BCUT2D eigenvalue weighted by Crippen LogP contribution is -2.40. The standard InChI is InChI=1S/C8H10F3NO4/c9-8(10,11)7(15)12-2-1-5(3-12)16-4-6(13)14/h5H,1-4H2,(H,13,14)/t5-/m0/s1. The lowest BCUT2D eigenvalue weighted by atomic mass is 10.3. The number of ether oxygens (including phenoxy) is 1. The molecule has 1 rings (SSSR count). The molecule has 1 atom stereocenters. The van der Waals surface area contributed by atoms with Crippen molar-refractivity contribution in [1.82, 2.24) is 4.90 Å². The molecule has 0 radical (unpaired) electrons. The first-order valence-electron chi connectivity index (χ1n) is 4.50. The van der Waals surface area contributed by atoms with E-state index in [0.717, 1.165) is 0 Å². The predicted molar refractivity (Wildman–Crippen MR) is 44.6 cm³/mol. The molecule has 0 saturated carbocycles. The Kier molecular flexibility index (Phi) is 3.74. The van der Waals surface area contributed by atoms with Crippen LogP contribution in [0.4, 0.5) is 13.2 Å². The van der Waals surface area contributed by atoms with Crippen LogP contribution in [0.25, 0.3) is 0 Å². The maximum Gasteiger partial charge on any atom is 0.471 e. The van der Waals surface area contributed by atoms with Gasteiger partial charge in [0.15, 0.2) is 0 Å². The van der Waals surface area contributed by atoms with Crippen molar-refractivity contribution < 1.29 is 32.6 Å². The van der Waals surface area contributed by atoms with Crippen LogP contribution in [-0.2, 0) is 14.3 Å². The van der Waals surface area contributed by atoms with Crippen LogP contribution in [0.2, 0.25) is 0 Å². The molecular formula is C8H10F3NO4. The Hall–Kier alpha value is -1.31. The van der Waals surface area contributed by atoms with E-state index < -0.39 is 30.8 Å². The van der Waals surface area contributed by atoms with Crippen LogP contribution in [-0.4, -0.2) is 53.9 Å². The SMILES string of the molecule is O=C(O)CO[C@H]1CCN(C(=O)C(F)(F)F)C1. The van der Waals surface area contributed by atoms with Crippen LogP contribution in [0, 0.1) is 0 Å². The van der Waals surface area contributed by atoms with Gasteiger partial charge in [-0.05, 0) is 6.42 Å². The average Bonchev–Trinajstić information content (AvgIpc) is 2.60. The van der Waals surface area contributed by atoms with Crippen molar-refractivity contribution in [1.29, 1.82) is 0 Å². The van der Waals surface area contributed by atoms with E-state index in [2.05, 4.69) is 0 Å². The van der Waals surface area contributed by atoms with Crippen molar-refractivity contribution in [2.75, 3.05) is 19.7 Å². The summed E-state index contributed by atoms with van der Waals surface area (Å²) in [7, 11) is 0. The van der Waals surface area contributed by atoms with Gasteiger partial charge in [0.2, 0.25) is 0 Å². The number of nitrogens with zero attached hydrogens (tertiary/aromatic N) is 1. The highest BCUT2D eigenvalue weighted by Gasteiger charge is 2.44. The molecule has 0 aliphatic carbocycles. The number of aliphatic carboxylic acids is 1. The first-order chi connectivity index (χ1) is 7.30. The fourth-order valence-corrected chi connectivity index (χ4v) is 1.42. The summed E-state index contributed by atoms with van der Waals surface area (Å²) in [4.78, 5) is 21.5. The quantitative estimate of drug-likeness (QED) is 0.769. The zero-order valence-electron chi connectivity index (χ0n) is 8.16. The predicted octanol–water partition coefficient (Wildman–Crippen LogP) is 0.251. The number of carbonyl (C=O) groups is 2. The maximum atomic E-state index is 12.0. The van der Waals surface area contributed by atoms with Crippen LogP contribution >= 0.6 is 0 Å². The molecule has 1 amide bonds. The molecular weight excluding hydrogens is 231 g/mol. The number of carbonyl (C=O) groups excluding carboxylic acids is 1. The van der Waals surface area contributed by atoms with Crippen molar-refractivity contribution >= 4 is 11.9 Å². The van der Waals surface area contributed by atoms with Gasteiger partial charge < -0.3 is 14.7 Å². The number of likely N-dealkylation sites (tertiary alicyclic amines) is 1. The normalized spacial score (nSPS) is 21.2.